The van der Waals surface area contributed by atoms with Crippen molar-refractivity contribution >= 4 is 16.6 Å². The number of allylic oxidation sites excluding steroid dienone is 2. The first-order valence-electron chi connectivity index (χ1n) is 9.64. The summed E-state index contributed by atoms with van der Waals surface area (Å²) < 4.78 is 7.90. The fraction of sp³-hybridized carbons (Fsp3) is 0.348. The molecular formula is C23H27N3O2. The molecule has 1 aromatic heterocycles. The molecule has 0 radical (unpaired) electrons. The Labute approximate surface area is 165 Å². The molecule has 0 fully saturated rings. The van der Waals surface area contributed by atoms with Crippen LogP contribution in [0.1, 0.15) is 33.4 Å². The van der Waals surface area contributed by atoms with Crippen molar-refractivity contribution in [3.8, 4) is 5.75 Å². The highest BCUT2D eigenvalue weighted by atomic mass is 16.5. The summed E-state index contributed by atoms with van der Waals surface area (Å²) in [5.74, 6) is 0.839. The molecule has 0 spiro atoms. The van der Waals surface area contributed by atoms with Crippen LogP contribution in [0.15, 0.2) is 60.5 Å². The maximum absolute atomic E-state index is 10.0. The molecule has 3 heterocycles. The van der Waals surface area contributed by atoms with E-state index in [0.717, 1.165) is 40.2 Å². The lowest BCUT2D eigenvalue weighted by Crippen LogP contribution is -2.47. The van der Waals surface area contributed by atoms with Gasteiger partial charge in [0, 0.05) is 17.2 Å². The van der Waals surface area contributed by atoms with Gasteiger partial charge in [0.05, 0.1) is 30.6 Å². The highest BCUT2D eigenvalue weighted by Gasteiger charge is 2.40. The Morgan fingerprint density at radius 2 is 2.11 bits per heavy atom. The van der Waals surface area contributed by atoms with Crippen LogP contribution in [0.4, 0.5) is 0 Å². The summed E-state index contributed by atoms with van der Waals surface area (Å²) >= 11 is 0. The zero-order chi connectivity index (χ0) is 20.2. The van der Waals surface area contributed by atoms with Gasteiger partial charge in [-0.1, -0.05) is 46.1 Å². The third-order valence-corrected chi connectivity index (χ3v) is 5.47. The third-order valence-electron chi connectivity index (χ3n) is 5.47. The fourth-order valence-corrected chi connectivity index (χ4v) is 4.06. The van der Waals surface area contributed by atoms with Gasteiger partial charge >= 0.3 is 0 Å². The van der Waals surface area contributed by atoms with Gasteiger partial charge in [0.2, 0.25) is 0 Å². The number of hydrogen-bond acceptors (Lipinski definition) is 4. The van der Waals surface area contributed by atoms with Crippen molar-refractivity contribution in [2.45, 2.75) is 40.3 Å². The quantitative estimate of drug-likeness (QED) is 0.762. The highest BCUT2D eigenvalue weighted by molar-refractivity contribution is 5.95. The second-order valence-corrected chi connectivity index (χ2v) is 8.45. The van der Waals surface area contributed by atoms with E-state index in [1.807, 2.05) is 31.3 Å². The van der Waals surface area contributed by atoms with E-state index in [9.17, 15) is 5.11 Å². The van der Waals surface area contributed by atoms with Gasteiger partial charge in [0.1, 0.15) is 17.0 Å². The Morgan fingerprint density at radius 1 is 1.36 bits per heavy atom. The van der Waals surface area contributed by atoms with Gasteiger partial charge in [-0.3, -0.25) is 4.68 Å². The van der Waals surface area contributed by atoms with E-state index in [1.165, 1.54) is 0 Å². The van der Waals surface area contributed by atoms with Crippen LogP contribution < -0.4 is 4.74 Å². The van der Waals surface area contributed by atoms with E-state index < -0.39 is 0 Å². The summed E-state index contributed by atoms with van der Waals surface area (Å²) in [5, 5.41) is 16.0. The van der Waals surface area contributed by atoms with Crippen molar-refractivity contribution in [3.05, 3.63) is 66.2 Å². The molecule has 2 aromatic rings. The van der Waals surface area contributed by atoms with Gasteiger partial charge < -0.3 is 14.7 Å². The van der Waals surface area contributed by atoms with Gasteiger partial charge in [0.25, 0.3) is 0 Å². The average molecular weight is 377 g/mol. The first-order chi connectivity index (χ1) is 13.2. The Kier molecular flexibility index (Phi) is 4.14. The molecule has 1 atom stereocenters. The predicted octanol–water partition coefficient (Wildman–Crippen LogP) is 5.03. The zero-order valence-electron chi connectivity index (χ0n) is 17.0. The minimum Gasteiger partial charge on any atom is -0.508 e. The van der Waals surface area contributed by atoms with E-state index in [-0.39, 0.29) is 17.2 Å². The Balaban J connectivity index is 1.97. The molecule has 2 aliphatic rings. The lowest BCUT2D eigenvalue weighted by atomic mass is 9.82. The molecule has 5 heteroatoms. The molecule has 1 N–H and O–H groups in total. The van der Waals surface area contributed by atoms with Crippen molar-refractivity contribution in [3.63, 3.8) is 0 Å². The predicted molar refractivity (Wildman–Crippen MR) is 113 cm³/mol. The molecule has 5 nitrogen and oxygen atoms in total. The second-order valence-electron chi connectivity index (χ2n) is 8.45. The first kappa shape index (κ1) is 18.4. The number of ether oxygens (including phenoxy) is 1. The molecule has 0 aliphatic carbocycles. The van der Waals surface area contributed by atoms with Gasteiger partial charge in [-0.15, -0.1) is 0 Å². The summed E-state index contributed by atoms with van der Waals surface area (Å²) in [7, 11) is 0. The van der Waals surface area contributed by atoms with E-state index in [2.05, 4.69) is 49.6 Å². The molecule has 0 saturated heterocycles. The number of hydrogen-bond donors (Lipinski definition) is 1. The summed E-state index contributed by atoms with van der Waals surface area (Å²) in [6.45, 7) is 17.8. The van der Waals surface area contributed by atoms with E-state index in [4.69, 9.17) is 9.84 Å². The molecule has 1 aromatic carbocycles. The lowest BCUT2D eigenvalue weighted by Gasteiger charge is -2.46. The Bertz CT molecular complexity index is 1050. The average Bonchev–Trinajstić information content (AvgIpc) is 2.99. The molecule has 1 unspecified atom stereocenters. The van der Waals surface area contributed by atoms with Crippen molar-refractivity contribution in [2.75, 3.05) is 6.61 Å². The van der Waals surface area contributed by atoms with Crippen molar-refractivity contribution < 1.29 is 9.84 Å². The molecule has 146 valence electrons. The number of fused-ring (bicyclic) bond motifs is 5. The number of aliphatic hydroxyl groups excluding tert-OH is 1. The van der Waals surface area contributed by atoms with E-state index in [1.54, 1.807) is 0 Å². The first-order valence-corrected chi connectivity index (χ1v) is 9.64. The molecule has 4 rings (SSSR count). The smallest absolute Gasteiger partial charge is 0.147 e. The third kappa shape index (κ3) is 2.73. The normalized spacial score (nSPS) is 19.1. The molecule has 0 amide bonds. The number of nitrogens with zero attached hydrogens (tertiary/aromatic N) is 3. The van der Waals surface area contributed by atoms with Gasteiger partial charge in [-0.05, 0) is 30.1 Å². The topological polar surface area (TPSA) is 50.5 Å². The molecule has 0 bridgehead atoms. The van der Waals surface area contributed by atoms with Gasteiger partial charge in [0.15, 0.2) is 0 Å². The van der Waals surface area contributed by atoms with Crippen molar-refractivity contribution in [1.29, 1.82) is 0 Å². The standard InChI is InChI=1S/C23H27N3O2/c1-7-28-19-10-8-9-16-21(19)24-26-13-20(23(4,5)6)25-12-17(15(3)27)14(2)11-18(25)22(16)26/h8-12,20,27H,2-3,7,13H2,1,4-6H3. The SMILES string of the molecule is C=C(O)C1=CN2C(=CC1=C)c1c3cccc(OCC)c3nn1CC2C(C)(C)C. The largest absolute Gasteiger partial charge is 0.508 e. The number of aliphatic hydroxyl groups is 1. The molecule has 0 saturated carbocycles. The van der Waals surface area contributed by atoms with Crippen molar-refractivity contribution in [2.24, 2.45) is 5.41 Å². The fourth-order valence-electron chi connectivity index (χ4n) is 4.06. The second kappa shape index (κ2) is 6.30. The van der Waals surface area contributed by atoms with Gasteiger partial charge in [-0.25, -0.2) is 0 Å². The Hall–Kier alpha value is -2.95. The lowest BCUT2D eigenvalue weighted by molar-refractivity contribution is 0.156. The number of aromatic nitrogens is 2. The minimum absolute atomic E-state index is 0.00522. The van der Waals surface area contributed by atoms with E-state index >= 15 is 0 Å². The molecule has 2 aliphatic heterocycles. The summed E-state index contributed by atoms with van der Waals surface area (Å²) in [6, 6.07) is 6.22. The monoisotopic (exact) mass is 377 g/mol. The Morgan fingerprint density at radius 3 is 2.75 bits per heavy atom. The van der Waals surface area contributed by atoms with Crippen molar-refractivity contribution in [1.82, 2.24) is 14.7 Å². The maximum Gasteiger partial charge on any atom is 0.147 e. The molecule has 28 heavy (non-hydrogen) atoms. The van der Waals surface area contributed by atoms with Crippen LogP contribution in [-0.4, -0.2) is 32.4 Å². The van der Waals surface area contributed by atoms with Crippen LogP contribution in [0, 0.1) is 5.41 Å². The molecular weight excluding hydrogens is 350 g/mol. The highest BCUT2D eigenvalue weighted by Crippen LogP contribution is 2.44. The van der Waals surface area contributed by atoms with Crippen LogP contribution >= 0.6 is 0 Å². The van der Waals surface area contributed by atoms with Crippen LogP contribution in [0.5, 0.6) is 5.75 Å². The van der Waals surface area contributed by atoms with Gasteiger partial charge in [-0.2, -0.15) is 5.10 Å². The van der Waals surface area contributed by atoms with Crippen LogP contribution in [0.3, 0.4) is 0 Å². The maximum atomic E-state index is 10.0. The zero-order valence-corrected chi connectivity index (χ0v) is 17.0. The van der Waals surface area contributed by atoms with E-state index in [0.29, 0.717) is 12.2 Å². The summed E-state index contributed by atoms with van der Waals surface area (Å²) in [5.41, 5.74) is 4.38. The van der Waals surface area contributed by atoms with Crippen LogP contribution in [-0.2, 0) is 6.54 Å². The van der Waals surface area contributed by atoms with Crippen LogP contribution in [0.2, 0.25) is 0 Å². The van der Waals surface area contributed by atoms with Crippen LogP contribution in [0.25, 0.3) is 16.6 Å². The number of benzene rings is 1. The minimum atomic E-state index is -0.00522. The summed E-state index contributed by atoms with van der Waals surface area (Å²) in [4.78, 5) is 2.25. The summed E-state index contributed by atoms with van der Waals surface area (Å²) in [6.07, 6.45) is 4.00. The number of rotatable bonds is 3.